The Bertz CT molecular complexity index is 927. The van der Waals surface area contributed by atoms with Crippen LogP contribution in [-0.4, -0.2) is 68.3 Å². The fourth-order valence-electron chi connectivity index (χ4n) is 4.76. The van der Waals surface area contributed by atoms with E-state index in [4.69, 9.17) is 14.2 Å². The van der Waals surface area contributed by atoms with E-state index in [0.717, 1.165) is 69.4 Å². The van der Waals surface area contributed by atoms with Gasteiger partial charge >= 0.3 is 0 Å². The zero-order valence-electron chi connectivity index (χ0n) is 18.4. The third kappa shape index (κ3) is 5.06. The molecule has 2 aromatic rings. The summed E-state index contributed by atoms with van der Waals surface area (Å²) in [6, 6.07) is 14.6. The van der Waals surface area contributed by atoms with E-state index in [9.17, 15) is 4.79 Å². The van der Waals surface area contributed by atoms with E-state index in [2.05, 4.69) is 39.4 Å². The molecule has 1 atom stereocenters. The van der Waals surface area contributed by atoms with Crippen molar-refractivity contribution in [2.75, 3.05) is 57.9 Å². The number of benzene rings is 2. The maximum atomic E-state index is 12.8. The number of amides is 1. The van der Waals surface area contributed by atoms with Crippen LogP contribution in [0.4, 0.5) is 5.69 Å². The molecule has 170 valence electrons. The number of anilines is 1. The largest absolute Gasteiger partial charge is 0.486 e. The van der Waals surface area contributed by atoms with Crippen molar-refractivity contribution in [1.82, 2.24) is 9.80 Å². The van der Waals surface area contributed by atoms with Crippen LogP contribution in [-0.2, 0) is 16.1 Å². The molecule has 0 aliphatic carbocycles. The molecule has 0 bridgehead atoms. The molecule has 2 saturated heterocycles. The van der Waals surface area contributed by atoms with Gasteiger partial charge in [0.2, 0.25) is 5.91 Å². The highest BCUT2D eigenvalue weighted by Gasteiger charge is 2.28. The molecule has 3 aliphatic rings. The number of likely N-dealkylation sites (tertiary alicyclic amines) is 1. The van der Waals surface area contributed by atoms with Gasteiger partial charge in [-0.15, -0.1) is 0 Å². The monoisotopic (exact) mass is 437 g/mol. The van der Waals surface area contributed by atoms with Crippen LogP contribution in [0.2, 0.25) is 0 Å². The van der Waals surface area contributed by atoms with E-state index in [0.29, 0.717) is 19.8 Å². The lowest BCUT2D eigenvalue weighted by Crippen LogP contribution is -2.35. The zero-order chi connectivity index (χ0) is 21.8. The molecule has 3 heterocycles. The predicted molar refractivity (Wildman–Crippen MR) is 122 cm³/mol. The average molecular weight is 438 g/mol. The number of nitrogens with one attached hydrogen (secondary N) is 1. The summed E-state index contributed by atoms with van der Waals surface area (Å²) in [5.74, 6) is 1.64. The third-order valence-corrected chi connectivity index (χ3v) is 6.41. The molecular formula is C25H31N3O4. The van der Waals surface area contributed by atoms with Gasteiger partial charge < -0.3 is 19.5 Å². The summed E-state index contributed by atoms with van der Waals surface area (Å²) in [6.45, 7) is 6.95. The number of carbonyl (C=O) groups excluding carboxylic acids is 1. The zero-order valence-corrected chi connectivity index (χ0v) is 18.4. The first-order valence-corrected chi connectivity index (χ1v) is 11.6. The summed E-state index contributed by atoms with van der Waals surface area (Å²) < 4.78 is 16.8. The molecule has 1 N–H and O–H groups in total. The number of morpholine rings is 1. The first-order chi connectivity index (χ1) is 15.7. The average Bonchev–Trinajstić information content (AvgIpc) is 3.28. The summed E-state index contributed by atoms with van der Waals surface area (Å²) in [7, 11) is 0. The Morgan fingerprint density at radius 2 is 1.72 bits per heavy atom. The number of carbonyl (C=O) groups is 1. The molecular weight excluding hydrogens is 406 g/mol. The number of hydrogen-bond donors (Lipinski definition) is 1. The molecule has 2 aromatic carbocycles. The Hall–Kier alpha value is -2.61. The minimum Gasteiger partial charge on any atom is -0.486 e. The van der Waals surface area contributed by atoms with Crippen LogP contribution in [0.25, 0.3) is 0 Å². The standard InChI is InChI=1S/C25H31N3O4/c29-25(26-21-6-3-19(4-7-21)17-27-10-12-30-13-11-27)18-28-9-1-2-22(28)20-5-8-23-24(16-20)32-15-14-31-23/h3-8,16,22H,1-2,9-15,17-18H2,(H,26,29). The summed E-state index contributed by atoms with van der Waals surface area (Å²) in [5.41, 5.74) is 3.28. The van der Waals surface area contributed by atoms with Gasteiger partial charge in [-0.1, -0.05) is 18.2 Å². The lowest BCUT2D eigenvalue weighted by atomic mass is 10.0. The fraction of sp³-hybridized carbons (Fsp3) is 0.480. The van der Waals surface area contributed by atoms with E-state index >= 15 is 0 Å². The number of rotatable bonds is 6. The molecule has 0 radical (unpaired) electrons. The SMILES string of the molecule is O=C(CN1CCCC1c1ccc2c(c1)OCCO2)Nc1ccc(CN2CCOCC2)cc1. The Morgan fingerprint density at radius 3 is 2.53 bits per heavy atom. The highest BCUT2D eigenvalue weighted by atomic mass is 16.6. The Balaban J connectivity index is 1.16. The van der Waals surface area contributed by atoms with Gasteiger partial charge in [0.15, 0.2) is 11.5 Å². The second kappa shape index (κ2) is 9.90. The van der Waals surface area contributed by atoms with Crippen molar-refractivity contribution in [3.05, 3.63) is 53.6 Å². The minimum atomic E-state index is 0.0235. The fourth-order valence-corrected chi connectivity index (χ4v) is 4.76. The second-order valence-corrected chi connectivity index (χ2v) is 8.67. The Kier molecular flexibility index (Phi) is 6.57. The van der Waals surface area contributed by atoms with E-state index in [1.807, 2.05) is 18.2 Å². The molecule has 0 saturated carbocycles. The van der Waals surface area contributed by atoms with Crippen LogP contribution >= 0.6 is 0 Å². The van der Waals surface area contributed by atoms with E-state index in [-0.39, 0.29) is 11.9 Å². The molecule has 0 spiro atoms. The van der Waals surface area contributed by atoms with Crippen LogP contribution in [0.3, 0.4) is 0 Å². The van der Waals surface area contributed by atoms with Gasteiger partial charge in [-0.2, -0.15) is 0 Å². The molecule has 3 aliphatic heterocycles. The smallest absolute Gasteiger partial charge is 0.238 e. The maximum Gasteiger partial charge on any atom is 0.238 e. The first kappa shape index (κ1) is 21.2. The van der Waals surface area contributed by atoms with Crippen molar-refractivity contribution in [3.8, 4) is 11.5 Å². The van der Waals surface area contributed by atoms with E-state index in [1.54, 1.807) is 0 Å². The van der Waals surface area contributed by atoms with Crippen molar-refractivity contribution in [2.45, 2.75) is 25.4 Å². The van der Waals surface area contributed by atoms with E-state index < -0.39 is 0 Å². The van der Waals surface area contributed by atoms with Gasteiger partial charge in [0.05, 0.1) is 19.8 Å². The Labute approximate surface area is 189 Å². The predicted octanol–water partition coefficient (Wildman–Crippen LogP) is 3.07. The number of ether oxygens (including phenoxy) is 3. The van der Waals surface area contributed by atoms with Gasteiger partial charge in [0.25, 0.3) is 0 Å². The van der Waals surface area contributed by atoms with Crippen molar-refractivity contribution in [2.24, 2.45) is 0 Å². The number of nitrogens with zero attached hydrogens (tertiary/aromatic N) is 2. The highest BCUT2D eigenvalue weighted by Crippen LogP contribution is 2.37. The second-order valence-electron chi connectivity index (χ2n) is 8.67. The Morgan fingerprint density at radius 1 is 0.938 bits per heavy atom. The van der Waals surface area contributed by atoms with Gasteiger partial charge in [0.1, 0.15) is 13.2 Å². The van der Waals surface area contributed by atoms with Crippen LogP contribution in [0.5, 0.6) is 11.5 Å². The van der Waals surface area contributed by atoms with Gasteiger partial charge in [0, 0.05) is 31.4 Å². The van der Waals surface area contributed by atoms with Crippen molar-refractivity contribution < 1.29 is 19.0 Å². The van der Waals surface area contributed by atoms with Crippen LogP contribution in [0, 0.1) is 0 Å². The lowest BCUT2D eigenvalue weighted by Gasteiger charge is -2.26. The summed E-state index contributed by atoms with van der Waals surface area (Å²) in [4.78, 5) is 17.4. The molecule has 2 fully saturated rings. The number of hydrogen-bond acceptors (Lipinski definition) is 6. The van der Waals surface area contributed by atoms with Crippen molar-refractivity contribution in [1.29, 1.82) is 0 Å². The van der Waals surface area contributed by atoms with E-state index in [1.165, 1.54) is 11.1 Å². The topological polar surface area (TPSA) is 63.3 Å². The van der Waals surface area contributed by atoms with Crippen molar-refractivity contribution >= 4 is 11.6 Å². The molecule has 1 amide bonds. The minimum absolute atomic E-state index is 0.0235. The summed E-state index contributed by atoms with van der Waals surface area (Å²) in [5, 5.41) is 3.06. The van der Waals surface area contributed by atoms with Crippen LogP contribution in [0.1, 0.15) is 30.0 Å². The summed E-state index contributed by atoms with van der Waals surface area (Å²) >= 11 is 0. The van der Waals surface area contributed by atoms with Gasteiger partial charge in [-0.25, -0.2) is 0 Å². The molecule has 5 rings (SSSR count). The molecule has 0 aromatic heterocycles. The normalized spacial score (nSPS) is 21.4. The quantitative estimate of drug-likeness (QED) is 0.750. The van der Waals surface area contributed by atoms with Crippen LogP contribution in [0.15, 0.2) is 42.5 Å². The molecule has 7 nitrogen and oxygen atoms in total. The molecule has 1 unspecified atom stereocenters. The maximum absolute atomic E-state index is 12.8. The van der Waals surface area contributed by atoms with Crippen molar-refractivity contribution in [3.63, 3.8) is 0 Å². The van der Waals surface area contributed by atoms with Crippen LogP contribution < -0.4 is 14.8 Å². The van der Waals surface area contributed by atoms with Gasteiger partial charge in [-0.05, 0) is 54.8 Å². The lowest BCUT2D eigenvalue weighted by molar-refractivity contribution is -0.117. The first-order valence-electron chi connectivity index (χ1n) is 11.6. The summed E-state index contributed by atoms with van der Waals surface area (Å²) in [6.07, 6.45) is 2.13. The molecule has 32 heavy (non-hydrogen) atoms. The molecule has 7 heteroatoms. The number of fused-ring (bicyclic) bond motifs is 1. The highest BCUT2D eigenvalue weighted by molar-refractivity contribution is 5.92. The third-order valence-electron chi connectivity index (χ3n) is 6.41. The van der Waals surface area contributed by atoms with Gasteiger partial charge in [-0.3, -0.25) is 14.6 Å².